The molecule has 0 aliphatic heterocycles. The molecule has 5 rings (SSSR count). The highest BCUT2D eigenvalue weighted by molar-refractivity contribution is 9.10. The van der Waals surface area contributed by atoms with Crippen LogP contribution in [0.5, 0.6) is 0 Å². The number of hydrogen-bond acceptors (Lipinski definition) is 3. The Kier molecular flexibility index (Phi) is 6.84. The van der Waals surface area contributed by atoms with Gasteiger partial charge in [-0.05, 0) is 51.3 Å². The largest absolute Gasteiger partial charge is 0.367 e. The van der Waals surface area contributed by atoms with E-state index in [9.17, 15) is 4.79 Å². The van der Waals surface area contributed by atoms with Gasteiger partial charge in [-0.2, -0.15) is 0 Å². The summed E-state index contributed by atoms with van der Waals surface area (Å²) in [4.78, 5) is 17.1. The van der Waals surface area contributed by atoms with Gasteiger partial charge in [0.2, 0.25) is 0 Å². The normalized spacial score (nSPS) is 10.9. The number of fused-ring (bicyclic) bond motifs is 1. The zero-order valence-electron chi connectivity index (χ0n) is 18.7. The third kappa shape index (κ3) is 5.24. The van der Waals surface area contributed by atoms with Crippen molar-refractivity contribution < 1.29 is 4.79 Å². The average molecular weight is 546 g/mol. The van der Waals surface area contributed by atoms with E-state index in [1.807, 2.05) is 77.3 Å². The van der Waals surface area contributed by atoms with E-state index in [1.165, 1.54) is 0 Å². The van der Waals surface area contributed by atoms with Crippen LogP contribution in [0.1, 0.15) is 21.5 Å². The first-order chi connectivity index (χ1) is 17.1. The zero-order chi connectivity index (χ0) is 24.2. The third-order valence-corrected chi connectivity index (χ3v) is 6.66. The van der Waals surface area contributed by atoms with Gasteiger partial charge >= 0.3 is 0 Å². The van der Waals surface area contributed by atoms with E-state index < -0.39 is 0 Å². The van der Waals surface area contributed by atoms with Crippen LogP contribution in [0.15, 0.2) is 102 Å². The Bertz CT molecular complexity index is 1480. The van der Waals surface area contributed by atoms with E-state index in [0.717, 1.165) is 38.3 Å². The van der Waals surface area contributed by atoms with Gasteiger partial charge < -0.3 is 10.6 Å². The molecule has 2 N–H and O–H groups in total. The van der Waals surface area contributed by atoms with E-state index in [-0.39, 0.29) is 5.91 Å². The molecule has 0 fully saturated rings. The number of carbonyl (C=O) groups excluding carboxylic acids is 1. The van der Waals surface area contributed by atoms with Crippen LogP contribution in [0, 0.1) is 0 Å². The standard InChI is InChI=1S/C28H22BrClN4O/c29-23-14-15-34-26(16-25(33-27(23)34)22-8-4-5-9-24(22)30)31-17-19-10-12-20(13-11-19)18-32-28(35)21-6-2-1-3-7-21/h1-16,31H,17-18H2,(H,32,35). The number of amides is 1. The molecule has 0 unspecified atom stereocenters. The van der Waals surface area contributed by atoms with E-state index in [0.29, 0.717) is 23.7 Å². The highest BCUT2D eigenvalue weighted by Gasteiger charge is 2.12. The van der Waals surface area contributed by atoms with Crippen molar-refractivity contribution in [3.63, 3.8) is 0 Å². The molecule has 0 saturated carbocycles. The van der Waals surface area contributed by atoms with Crippen molar-refractivity contribution in [3.8, 4) is 11.3 Å². The predicted molar refractivity (Wildman–Crippen MR) is 145 cm³/mol. The van der Waals surface area contributed by atoms with Crippen molar-refractivity contribution in [1.82, 2.24) is 14.7 Å². The first kappa shape index (κ1) is 23.1. The minimum atomic E-state index is -0.0785. The lowest BCUT2D eigenvalue weighted by molar-refractivity contribution is 0.0951. The van der Waals surface area contributed by atoms with Crippen molar-refractivity contribution >= 4 is 44.9 Å². The Morgan fingerprint density at radius 3 is 2.31 bits per heavy atom. The van der Waals surface area contributed by atoms with Crippen molar-refractivity contribution in [1.29, 1.82) is 0 Å². The molecular formula is C28H22BrClN4O. The van der Waals surface area contributed by atoms with Gasteiger partial charge in [-0.3, -0.25) is 9.20 Å². The fourth-order valence-electron chi connectivity index (χ4n) is 3.83. The molecule has 5 nitrogen and oxygen atoms in total. The number of hydrogen-bond donors (Lipinski definition) is 2. The van der Waals surface area contributed by atoms with Gasteiger partial charge in [0.05, 0.1) is 10.2 Å². The number of nitrogens with one attached hydrogen (secondary N) is 2. The Morgan fingerprint density at radius 2 is 1.57 bits per heavy atom. The number of nitrogens with zero attached hydrogens (tertiary/aromatic N) is 2. The zero-order valence-corrected chi connectivity index (χ0v) is 21.1. The maximum atomic E-state index is 12.3. The van der Waals surface area contributed by atoms with Crippen LogP contribution in [0.4, 0.5) is 5.82 Å². The molecule has 5 aromatic rings. The average Bonchev–Trinajstić information content (AvgIpc) is 3.28. The van der Waals surface area contributed by atoms with Crippen LogP contribution >= 0.6 is 27.5 Å². The first-order valence-electron chi connectivity index (χ1n) is 11.2. The van der Waals surface area contributed by atoms with Gasteiger partial charge in [0.15, 0.2) is 5.65 Å². The molecule has 0 spiro atoms. The second kappa shape index (κ2) is 10.3. The summed E-state index contributed by atoms with van der Waals surface area (Å²) < 4.78 is 2.93. The summed E-state index contributed by atoms with van der Waals surface area (Å²) in [6.07, 6.45) is 1.98. The van der Waals surface area contributed by atoms with E-state index in [1.54, 1.807) is 12.1 Å². The maximum absolute atomic E-state index is 12.3. The number of halogens is 2. The first-order valence-corrected chi connectivity index (χ1v) is 12.3. The molecule has 0 aliphatic rings. The minimum absolute atomic E-state index is 0.0785. The Morgan fingerprint density at radius 1 is 0.886 bits per heavy atom. The smallest absolute Gasteiger partial charge is 0.251 e. The summed E-state index contributed by atoms with van der Waals surface area (Å²) in [5.74, 6) is 0.833. The van der Waals surface area contributed by atoms with Crippen LogP contribution < -0.4 is 10.6 Å². The molecule has 7 heteroatoms. The monoisotopic (exact) mass is 544 g/mol. The summed E-state index contributed by atoms with van der Waals surface area (Å²) >= 11 is 10.0. The second-order valence-corrected chi connectivity index (χ2v) is 9.34. The van der Waals surface area contributed by atoms with Gasteiger partial charge in [0.25, 0.3) is 5.91 Å². The lowest BCUT2D eigenvalue weighted by Crippen LogP contribution is -2.22. The molecule has 1 amide bonds. The van der Waals surface area contributed by atoms with Gasteiger partial charge in [-0.15, -0.1) is 0 Å². The number of carbonyl (C=O) groups is 1. The molecular weight excluding hydrogens is 524 g/mol. The third-order valence-electron chi connectivity index (χ3n) is 5.71. The Hall–Kier alpha value is -3.61. The van der Waals surface area contributed by atoms with E-state index in [2.05, 4.69) is 38.7 Å². The highest BCUT2D eigenvalue weighted by Crippen LogP contribution is 2.31. The van der Waals surface area contributed by atoms with Crippen molar-refractivity contribution in [2.24, 2.45) is 0 Å². The molecule has 0 radical (unpaired) electrons. The van der Waals surface area contributed by atoms with Crippen LogP contribution in [0.2, 0.25) is 5.02 Å². The Balaban J connectivity index is 1.29. The van der Waals surface area contributed by atoms with Crippen LogP contribution in [-0.4, -0.2) is 15.3 Å². The van der Waals surface area contributed by atoms with E-state index >= 15 is 0 Å². The summed E-state index contributed by atoms with van der Waals surface area (Å²) in [6.45, 7) is 1.11. The fraction of sp³-hybridized carbons (Fsp3) is 0.0714. The van der Waals surface area contributed by atoms with Gasteiger partial charge in [-0.1, -0.05) is 72.3 Å². The van der Waals surface area contributed by atoms with Gasteiger partial charge in [-0.25, -0.2) is 4.98 Å². The van der Waals surface area contributed by atoms with Crippen molar-refractivity contribution in [2.75, 3.05) is 5.32 Å². The molecule has 2 heterocycles. The second-order valence-electron chi connectivity index (χ2n) is 8.08. The molecule has 0 bridgehead atoms. The quantitative estimate of drug-likeness (QED) is 0.232. The molecule has 2 aromatic heterocycles. The summed E-state index contributed by atoms with van der Waals surface area (Å²) in [7, 11) is 0. The summed E-state index contributed by atoms with van der Waals surface area (Å²) in [6, 6.07) is 29.1. The Labute approximate surface area is 216 Å². The lowest BCUT2D eigenvalue weighted by Gasteiger charge is -2.13. The SMILES string of the molecule is O=C(NCc1ccc(CNc2cc(-c3ccccc3Cl)nc3c(Br)ccn23)cc1)c1ccccc1. The van der Waals surface area contributed by atoms with Gasteiger partial charge in [0.1, 0.15) is 5.82 Å². The fourth-order valence-corrected chi connectivity index (χ4v) is 4.46. The van der Waals surface area contributed by atoms with Gasteiger partial charge in [0, 0.05) is 41.5 Å². The number of benzene rings is 3. The summed E-state index contributed by atoms with van der Waals surface area (Å²) in [5, 5.41) is 7.15. The molecule has 0 saturated heterocycles. The molecule has 0 aliphatic carbocycles. The van der Waals surface area contributed by atoms with E-state index in [4.69, 9.17) is 16.6 Å². The topological polar surface area (TPSA) is 58.4 Å². The molecule has 3 aromatic carbocycles. The van der Waals surface area contributed by atoms with Crippen molar-refractivity contribution in [2.45, 2.75) is 13.1 Å². The van der Waals surface area contributed by atoms with Crippen LogP contribution in [0.25, 0.3) is 16.9 Å². The minimum Gasteiger partial charge on any atom is -0.367 e. The number of aromatic nitrogens is 2. The summed E-state index contributed by atoms with van der Waals surface area (Å²) in [5.41, 5.74) is 5.32. The van der Waals surface area contributed by atoms with Crippen LogP contribution in [-0.2, 0) is 13.1 Å². The molecule has 174 valence electrons. The number of anilines is 1. The van der Waals surface area contributed by atoms with Crippen molar-refractivity contribution in [3.05, 3.63) is 123 Å². The maximum Gasteiger partial charge on any atom is 0.251 e. The molecule has 0 atom stereocenters. The number of rotatable bonds is 7. The van der Waals surface area contributed by atoms with Crippen LogP contribution in [0.3, 0.4) is 0 Å². The molecule has 35 heavy (non-hydrogen) atoms. The predicted octanol–water partition coefficient (Wildman–Crippen LogP) is 6.96. The highest BCUT2D eigenvalue weighted by atomic mass is 79.9. The lowest BCUT2D eigenvalue weighted by atomic mass is 10.1.